The highest BCUT2D eigenvalue weighted by Crippen LogP contribution is 2.30. The highest BCUT2D eigenvalue weighted by Gasteiger charge is 2.44. The average Bonchev–Trinajstić information content (AvgIpc) is 3.11. The molecule has 1 aromatic heterocycles. The minimum atomic E-state index is -3.72. The molecule has 1 aromatic rings. The first-order valence-corrected chi connectivity index (χ1v) is 9.97. The number of carbonyl (C=O) groups is 1. The molecule has 0 aromatic carbocycles. The molecule has 0 unspecified atom stereocenters. The number of hydrogen-bond acceptors (Lipinski definition) is 4. The van der Waals surface area contributed by atoms with Crippen LogP contribution in [0.15, 0.2) is 22.8 Å². The smallest absolute Gasteiger partial charge is 0.280 e. The van der Waals surface area contributed by atoms with Crippen LogP contribution in [0.5, 0.6) is 0 Å². The van der Waals surface area contributed by atoms with Crippen molar-refractivity contribution in [1.29, 1.82) is 0 Å². The Hall–Kier alpha value is -1.38. The van der Waals surface area contributed by atoms with Crippen LogP contribution >= 0.6 is 0 Å². The maximum atomic E-state index is 13.1. The number of carbonyl (C=O) groups excluding carboxylic acids is 1. The first-order valence-electron chi connectivity index (χ1n) is 8.53. The largest absolute Gasteiger partial charge is 0.468 e. The Balaban J connectivity index is 1.85. The number of furan rings is 1. The highest BCUT2D eigenvalue weighted by atomic mass is 32.2. The summed E-state index contributed by atoms with van der Waals surface area (Å²) in [5, 5.41) is 0. The summed E-state index contributed by atoms with van der Waals surface area (Å²) in [5.41, 5.74) is 0. The van der Waals surface area contributed by atoms with Crippen LogP contribution in [0.4, 0.5) is 0 Å². The summed E-state index contributed by atoms with van der Waals surface area (Å²) in [6.07, 6.45) is 5.87. The van der Waals surface area contributed by atoms with E-state index in [1.165, 1.54) is 13.3 Å². The van der Waals surface area contributed by atoms with Crippen LogP contribution in [0, 0.1) is 0 Å². The summed E-state index contributed by atoms with van der Waals surface area (Å²) < 4.78 is 34.0. The predicted molar refractivity (Wildman–Crippen MR) is 89.3 cm³/mol. The van der Waals surface area contributed by atoms with Gasteiger partial charge >= 0.3 is 0 Å². The summed E-state index contributed by atoms with van der Waals surface area (Å²) in [6, 6.07) is 2.45. The van der Waals surface area contributed by atoms with Gasteiger partial charge in [-0.2, -0.15) is 17.4 Å². The third-order valence-electron chi connectivity index (χ3n) is 5.12. The zero-order valence-electron chi connectivity index (χ0n) is 14.1. The molecule has 2 aliphatic rings. The molecule has 0 saturated carbocycles. The van der Waals surface area contributed by atoms with Crippen molar-refractivity contribution >= 4 is 16.1 Å². The van der Waals surface area contributed by atoms with E-state index in [2.05, 4.69) is 11.6 Å². The highest BCUT2D eigenvalue weighted by molar-refractivity contribution is 7.87. The number of amides is 1. The lowest BCUT2D eigenvalue weighted by atomic mass is 9.97. The van der Waals surface area contributed by atoms with Gasteiger partial charge in [-0.1, -0.05) is 6.92 Å². The maximum Gasteiger partial charge on any atom is 0.280 e. The molecule has 1 amide bonds. The second kappa shape index (κ2) is 6.85. The number of likely N-dealkylation sites (tertiary alicyclic amines) is 1. The SMILES string of the molecule is CC[C@@H]1CCCCN1C(=O)[C@H]1C[C@@H](c2ccco2)NS(=O)(=O)N1C. The Morgan fingerprint density at radius 1 is 1.42 bits per heavy atom. The van der Waals surface area contributed by atoms with E-state index in [-0.39, 0.29) is 11.9 Å². The Morgan fingerprint density at radius 2 is 2.21 bits per heavy atom. The molecule has 24 heavy (non-hydrogen) atoms. The fraction of sp³-hybridized carbons (Fsp3) is 0.688. The summed E-state index contributed by atoms with van der Waals surface area (Å²) >= 11 is 0. The monoisotopic (exact) mass is 355 g/mol. The molecule has 134 valence electrons. The second-order valence-corrected chi connectivity index (χ2v) is 8.31. The fourth-order valence-corrected chi connectivity index (χ4v) is 4.93. The molecule has 0 bridgehead atoms. The van der Waals surface area contributed by atoms with Gasteiger partial charge in [0.1, 0.15) is 11.8 Å². The normalized spacial score (nSPS) is 31.1. The Kier molecular flexibility index (Phi) is 4.98. The van der Waals surface area contributed by atoms with Crippen molar-refractivity contribution in [2.45, 2.75) is 57.2 Å². The van der Waals surface area contributed by atoms with Crippen molar-refractivity contribution in [1.82, 2.24) is 13.9 Å². The molecule has 0 radical (unpaired) electrons. The van der Waals surface area contributed by atoms with E-state index in [0.29, 0.717) is 18.7 Å². The molecule has 3 atom stereocenters. The van der Waals surface area contributed by atoms with Gasteiger partial charge in [0.05, 0.1) is 12.3 Å². The van der Waals surface area contributed by atoms with E-state index in [4.69, 9.17) is 4.42 Å². The number of hydrogen-bond donors (Lipinski definition) is 1. The van der Waals surface area contributed by atoms with Gasteiger partial charge in [-0.15, -0.1) is 0 Å². The fourth-order valence-electron chi connectivity index (χ4n) is 3.68. The van der Waals surface area contributed by atoms with E-state index in [1.807, 2.05) is 4.90 Å². The lowest BCUT2D eigenvalue weighted by Gasteiger charge is -2.42. The first-order chi connectivity index (χ1) is 11.4. The molecule has 1 N–H and O–H groups in total. The summed E-state index contributed by atoms with van der Waals surface area (Å²) in [4.78, 5) is 15.0. The first kappa shape index (κ1) is 17.4. The minimum Gasteiger partial charge on any atom is -0.468 e. The molecule has 7 nitrogen and oxygen atoms in total. The Bertz CT molecular complexity index is 674. The molecule has 3 rings (SSSR count). The van der Waals surface area contributed by atoms with Crippen molar-refractivity contribution in [3.63, 3.8) is 0 Å². The van der Waals surface area contributed by atoms with Crippen LogP contribution in [0.3, 0.4) is 0 Å². The van der Waals surface area contributed by atoms with Gasteiger partial charge in [0.15, 0.2) is 0 Å². The van der Waals surface area contributed by atoms with Crippen molar-refractivity contribution < 1.29 is 17.6 Å². The second-order valence-electron chi connectivity index (χ2n) is 6.55. The van der Waals surface area contributed by atoms with E-state index in [9.17, 15) is 13.2 Å². The topological polar surface area (TPSA) is 82.9 Å². The molecule has 0 aliphatic carbocycles. The quantitative estimate of drug-likeness (QED) is 0.894. The maximum absolute atomic E-state index is 13.1. The van der Waals surface area contributed by atoms with Crippen molar-refractivity contribution in [2.75, 3.05) is 13.6 Å². The van der Waals surface area contributed by atoms with Gasteiger partial charge in [0.25, 0.3) is 10.2 Å². The van der Waals surface area contributed by atoms with Gasteiger partial charge in [0, 0.05) is 19.6 Å². The van der Waals surface area contributed by atoms with E-state index >= 15 is 0 Å². The molecular formula is C16H25N3O4S. The third kappa shape index (κ3) is 3.22. The Morgan fingerprint density at radius 3 is 2.88 bits per heavy atom. The number of nitrogens with one attached hydrogen (secondary N) is 1. The lowest BCUT2D eigenvalue weighted by Crippen LogP contribution is -2.59. The molecule has 2 fully saturated rings. The van der Waals surface area contributed by atoms with E-state index in [1.54, 1.807) is 12.1 Å². The summed E-state index contributed by atoms with van der Waals surface area (Å²) in [5.74, 6) is 0.445. The third-order valence-corrected chi connectivity index (χ3v) is 6.72. The number of likely N-dealkylation sites (N-methyl/N-ethyl adjacent to an activating group) is 1. The van der Waals surface area contributed by atoms with Crippen molar-refractivity contribution in [3.8, 4) is 0 Å². The van der Waals surface area contributed by atoms with Gasteiger partial charge in [0.2, 0.25) is 5.91 Å². The van der Waals surface area contributed by atoms with Crippen molar-refractivity contribution in [2.24, 2.45) is 0 Å². The summed E-state index contributed by atoms with van der Waals surface area (Å²) in [6.45, 7) is 2.78. The van der Waals surface area contributed by atoms with Crippen LogP contribution in [-0.2, 0) is 15.0 Å². The predicted octanol–water partition coefficient (Wildman–Crippen LogP) is 1.65. The Labute approximate surface area is 143 Å². The number of rotatable bonds is 3. The molecule has 3 heterocycles. The molecule has 8 heteroatoms. The van der Waals surface area contributed by atoms with Gasteiger partial charge in [-0.05, 0) is 44.2 Å². The van der Waals surface area contributed by atoms with Crippen LogP contribution in [0.2, 0.25) is 0 Å². The minimum absolute atomic E-state index is 0.0920. The van der Waals surface area contributed by atoms with Crippen LogP contribution < -0.4 is 4.72 Å². The summed E-state index contributed by atoms with van der Waals surface area (Å²) in [7, 11) is -2.25. The molecule has 2 saturated heterocycles. The molecule has 0 spiro atoms. The van der Waals surface area contributed by atoms with Crippen LogP contribution in [0.1, 0.15) is 50.8 Å². The average molecular weight is 355 g/mol. The van der Waals surface area contributed by atoms with Crippen molar-refractivity contribution in [3.05, 3.63) is 24.2 Å². The zero-order chi connectivity index (χ0) is 17.3. The molecular weight excluding hydrogens is 330 g/mol. The number of nitrogens with zero attached hydrogens (tertiary/aromatic N) is 2. The van der Waals surface area contributed by atoms with Gasteiger partial charge in [-0.3, -0.25) is 4.79 Å². The zero-order valence-corrected chi connectivity index (χ0v) is 15.0. The molecule has 2 aliphatic heterocycles. The van der Waals surface area contributed by atoms with Crippen LogP contribution in [0.25, 0.3) is 0 Å². The number of piperidine rings is 1. The van der Waals surface area contributed by atoms with Crippen LogP contribution in [-0.4, -0.2) is 49.2 Å². The van der Waals surface area contributed by atoms with Gasteiger partial charge < -0.3 is 9.32 Å². The van der Waals surface area contributed by atoms with E-state index < -0.39 is 22.3 Å². The van der Waals surface area contributed by atoms with E-state index in [0.717, 1.165) is 30.0 Å². The standard InChI is InChI=1S/C16H25N3O4S/c1-3-12-7-4-5-9-19(12)16(20)14-11-13(15-8-6-10-23-15)17-24(21,22)18(14)2/h6,8,10,12-14,17H,3-5,7,9,11H2,1-2H3/t12-,13+,14-/m1/s1. The lowest BCUT2D eigenvalue weighted by molar-refractivity contribution is -0.139. The van der Waals surface area contributed by atoms with Gasteiger partial charge in [-0.25, -0.2) is 0 Å².